The minimum absolute atomic E-state index is 0.137. The van der Waals surface area contributed by atoms with Crippen LogP contribution in [0.1, 0.15) is 16.1 Å². The van der Waals surface area contributed by atoms with Gasteiger partial charge in [0.1, 0.15) is 12.4 Å². The average Bonchev–Trinajstić information content (AvgIpc) is 3.16. The minimum Gasteiger partial charge on any atom is -0.493 e. The van der Waals surface area contributed by atoms with Crippen LogP contribution in [-0.2, 0) is 6.61 Å². The molecule has 5 heteroatoms. The highest BCUT2D eigenvalue weighted by molar-refractivity contribution is 5.88. The maximum absolute atomic E-state index is 11.9. The summed E-state index contributed by atoms with van der Waals surface area (Å²) < 4.78 is 21.4. The first-order valence-corrected chi connectivity index (χ1v) is 7.36. The lowest BCUT2D eigenvalue weighted by Gasteiger charge is -2.12. The lowest BCUT2D eigenvalue weighted by molar-refractivity contribution is 0.0701. The van der Waals surface area contributed by atoms with Crippen LogP contribution in [-0.4, -0.2) is 13.1 Å². The largest absolute Gasteiger partial charge is 0.493 e. The van der Waals surface area contributed by atoms with Gasteiger partial charge in [0, 0.05) is 6.07 Å². The van der Waals surface area contributed by atoms with E-state index in [1.54, 1.807) is 37.4 Å². The standard InChI is InChI=1S/C19H16O5/c1-21-16-10-9-15(24-19(20)17-8-5-11-22-17)12-18(16)23-13-14-6-3-2-4-7-14/h2-12H,13H2,1H3. The maximum Gasteiger partial charge on any atom is 0.379 e. The summed E-state index contributed by atoms with van der Waals surface area (Å²) in [6.45, 7) is 0.382. The molecule has 0 aliphatic heterocycles. The molecule has 2 aromatic carbocycles. The Kier molecular flexibility index (Phi) is 4.81. The van der Waals surface area contributed by atoms with Crippen LogP contribution in [0, 0.1) is 0 Å². The summed E-state index contributed by atoms with van der Waals surface area (Å²) in [7, 11) is 1.55. The summed E-state index contributed by atoms with van der Waals surface area (Å²) >= 11 is 0. The summed E-state index contributed by atoms with van der Waals surface area (Å²) in [4.78, 5) is 11.9. The second kappa shape index (κ2) is 7.37. The lowest BCUT2D eigenvalue weighted by atomic mass is 10.2. The quantitative estimate of drug-likeness (QED) is 0.505. The van der Waals surface area contributed by atoms with Gasteiger partial charge in [0.15, 0.2) is 11.5 Å². The Hall–Kier alpha value is -3.21. The monoisotopic (exact) mass is 324 g/mol. The molecule has 1 aromatic heterocycles. The number of hydrogen-bond donors (Lipinski definition) is 0. The highest BCUT2D eigenvalue weighted by Gasteiger charge is 2.14. The molecule has 24 heavy (non-hydrogen) atoms. The third-order valence-corrected chi connectivity index (χ3v) is 3.31. The molecule has 0 N–H and O–H groups in total. The van der Waals surface area contributed by atoms with Gasteiger partial charge in [0.25, 0.3) is 0 Å². The molecule has 122 valence electrons. The lowest BCUT2D eigenvalue weighted by Crippen LogP contribution is -2.07. The van der Waals surface area contributed by atoms with Crippen LogP contribution in [0.15, 0.2) is 71.3 Å². The van der Waals surface area contributed by atoms with E-state index in [9.17, 15) is 4.79 Å². The van der Waals surface area contributed by atoms with Crippen molar-refractivity contribution >= 4 is 5.97 Å². The van der Waals surface area contributed by atoms with E-state index in [4.69, 9.17) is 18.6 Å². The van der Waals surface area contributed by atoms with Gasteiger partial charge >= 0.3 is 5.97 Å². The first-order valence-electron chi connectivity index (χ1n) is 7.36. The molecule has 3 rings (SSSR count). The molecule has 0 aliphatic carbocycles. The number of benzene rings is 2. The topological polar surface area (TPSA) is 57.9 Å². The average molecular weight is 324 g/mol. The number of rotatable bonds is 6. The molecule has 1 heterocycles. The van der Waals surface area contributed by atoms with Crippen LogP contribution in [0.4, 0.5) is 0 Å². The number of furan rings is 1. The summed E-state index contributed by atoms with van der Waals surface area (Å²) in [5, 5.41) is 0. The Morgan fingerprint density at radius 2 is 1.83 bits per heavy atom. The van der Waals surface area contributed by atoms with Crippen molar-refractivity contribution in [2.45, 2.75) is 6.61 Å². The van der Waals surface area contributed by atoms with Gasteiger partial charge in [-0.05, 0) is 29.8 Å². The summed E-state index contributed by atoms with van der Waals surface area (Å²) in [6.07, 6.45) is 1.42. The molecule has 0 aliphatic rings. The van der Waals surface area contributed by atoms with Crippen molar-refractivity contribution in [3.05, 3.63) is 78.3 Å². The Labute approximate surface area is 139 Å². The van der Waals surface area contributed by atoms with Crippen molar-refractivity contribution < 1.29 is 23.4 Å². The van der Waals surface area contributed by atoms with Crippen LogP contribution in [0.5, 0.6) is 17.2 Å². The molecule has 0 radical (unpaired) electrons. The predicted octanol–water partition coefficient (Wildman–Crippen LogP) is 4.09. The van der Waals surface area contributed by atoms with Crippen LogP contribution < -0.4 is 14.2 Å². The smallest absolute Gasteiger partial charge is 0.379 e. The van der Waals surface area contributed by atoms with Crippen LogP contribution in [0.25, 0.3) is 0 Å². The van der Waals surface area contributed by atoms with Crippen molar-refractivity contribution in [3.8, 4) is 17.2 Å². The fourth-order valence-corrected chi connectivity index (χ4v) is 2.12. The molecule has 0 spiro atoms. The van der Waals surface area contributed by atoms with Crippen molar-refractivity contribution in [3.63, 3.8) is 0 Å². The van der Waals surface area contributed by atoms with Gasteiger partial charge in [-0.3, -0.25) is 0 Å². The van der Waals surface area contributed by atoms with Crippen LogP contribution >= 0.6 is 0 Å². The van der Waals surface area contributed by atoms with E-state index < -0.39 is 5.97 Å². The van der Waals surface area contributed by atoms with Gasteiger partial charge in [0.2, 0.25) is 5.76 Å². The zero-order chi connectivity index (χ0) is 16.8. The molecule has 0 bridgehead atoms. The van der Waals surface area contributed by atoms with E-state index >= 15 is 0 Å². The number of esters is 1. The summed E-state index contributed by atoms with van der Waals surface area (Å²) in [5.74, 6) is 0.965. The van der Waals surface area contributed by atoms with Crippen molar-refractivity contribution in [2.75, 3.05) is 7.11 Å². The van der Waals surface area contributed by atoms with Crippen molar-refractivity contribution in [2.24, 2.45) is 0 Å². The number of methoxy groups -OCH3 is 1. The molecule has 0 saturated heterocycles. The molecule has 0 fully saturated rings. The Morgan fingerprint density at radius 1 is 1.00 bits per heavy atom. The fourth-order valence-electron chi connectivity index (χ4n) is 2.12. The summed E-state index contributed by atoms with van der Waals surface area (Å²) in [6, 6.07) is 17.9. The zero-order valence-electron chi connectivity index (χ0n) is 13.1. The third-order valence-electron chi connectivity index (χ3n) is 3.31. The third kappa shape index (κ3) is 3.76. The van der Waals surface area contributed by atoms with E-state index in [-0.39, 0.29) is 5.76 Å². The summed E-state index contributed by atoms with van der Waals surface area (Å²) in [5.41, 5.74) is 1.03. The van der Waals surface area contributed by atoms with E-state index in [1.165, 1.54) is 6.26 Å². The van der Waals surface area contributed by atoms with Gasteiger partial charge in [-0.15, -0.1) is 0 Å². The van der Waals surface area contributed by atoms with E-state index in [2.05, 4.69) is 0 Å². The maximum atomic E-state index is 11.9. The molecule has 0 atom stereocenters. The highest BCUT2D eigenvalue weighted by Crippen LogP contribution is 2.32. The second-order valence-electron chi connectivity index (χ2n) is 4.95. The van der Waals surface area contributed by atoms with Gasteiger partial charge < -0.3 is 18.6 Å². The highest BCUT2D eigenvalue weighted by atomic mass is 16.6. The second-order valence-corrected chi connectivity index (χ2v) is 4.95. The first kappa shape index (κ1) is 15.7. The number of carbonyl (C=O) groups is 1. The van der Waals surface area contributed by atoms with Crippen molar-refractivity contribution in [1.29, 1.82) is 0 Å². The van der Waals surface area contributed by atoms with Gasteiger partial charge in [0.05, 0.1) is 13.4 Å². The Morgan fingerprint density at radius 3 is 2.54 bits per heavy atom. The first-order chi connectivity index (χ1) is 11.8. The molecule has 3 aromatic rings. The van der Waals surface area contributed by atoms with E-state index in [1.807, 2.05) is 30.3 Å². The molecule has 0 amide bonds. The Bertz CT molecular complexity index is 794. The molecule has 0 unspecified atom stereocenters. The van der Waals surface area contributed by atoms with Gasteiger partial charge in [-0.1, -0.05) is 30.3 Å². The number of hydrogen-bond acceptors (Lipinski definition) is 5. The van der Waals surface area contributed by atoms with Gasteiger partial charge in [-0.2, -0.15) is 0 Å². The molecular weight excluding hydrogens is 308 g/mol. The normalized spacial score (nSPS) is 10.2. The van der Waals surface area contributed by atoms with E-state index in [0.717, 1.165) is 5.56 Å². The molecule has 5 nitrogen and oxygen atoms in total. The molecule has 0 saturated carbocycles. The van der Waals surface area contributed by atoms with Crippen molar-refractivity contribution in [1.82, 2.24) is 0 Å². The number of ether oxygens (including phenoxy) is 3. The van der Waals surface area contributed by atoms with Crippen LogP contribution in [0.3, 0.4) is 0 Å². The van der Waals surface area contributed by atoms with Gasteiger partial charge in [-0.25, -0.2) is 4.79 Å². The minimum atomic E-state index is -0.570. The van der Waals surface area contributed by atoms with Crippen LogP contribution in [0.2, 0.25) is 0 Å². The number of carbonyl (C=O) groups excluding carboxylic acids is 1. The van der Waals surface area contributed by atoms with E-state index in [0.29, 0.717) is 23.9 Å². The SMILES string of the molecule is COc1ccc(OC(=O)c2ccco2)cc1OCc1ccccc1. The molecular formula is C19H16O5. The fraction of sp³-hybridized carbons (Fsp3) is 0.105. The zero-order valence-corrected chi connectivity index (χ0v) is 13.1. The predicted molar refractivity (Wildman–Crippen MR) is 87.4 cm³/mol. The Balaban J connectivity index is 1.74.